The van der Waals surface area contributed by atoms with Crippen LogP contribution in [0.2, 0.25) is 0 Å². The van der Waals surface area contributed by atoms with Crippen molar-refractivity contribution in [2.75, 3.05) is 39.3 Å². The lowest BCUT2D eigenvalue weighted by molar-refractivity contribution is 0.0225. The van der Waals surface area contributed by atoms with Crippen molar-refractivity contribution in [3.63, 3.8) is 0 Å². The Morgan fingerprint density at radius 3 is 2.24 bits per heavy atom. The van der Waals surface area contributed by atoms with Crippen LogP contribution in [0.25, 0.3) is 0 Å². The minimum Gasteiger partial charge on any atom is -0.393 e. The van der Waals surface area contributed by atoms with Crippen molar-refractivity contribution in [1.82, 2.24) is 9.80 Å². The lowest BCUT2D eigenvalue weighted by atomic mass is 9.80. The summed E-state index contributed by atoms with van der Waals surface area (Å²) < 4.78 is 0. The monoisotopic (exact) mass is 294 g/mol. The number of likely N-dealkylation sites (tertiary alicyclic amines) is 2. The predicted molar refractivity (Wildman–Crippen MR) is 87.3 cm³/mol. The fourth-order valence-corrected chi connectivity index (χ4v) is 4.69. The number of rotatable bonds is 4. The standard InChI is InChI=1S/C18H34N2O/c1-15-4-5-18(21)17(12-15)14-20-10-6-16(7-11-20)13-19-8-2-3-9-19/h15-18,21H,2-14H2,1H3. The van der Waals surface area contributed by atoms with E-state index in [2.05, 4.69) is 16.7 Å². The molecule has 0 aromatic rings. The minimum absolute atomic E-state index is 0.0384. The molecule has 1 saturated carbocycles. The van der Waals surface area contributed by atoms with Crippen LogP contribution in [-0.4, -0.2) is 60.3 Å². The van der Waals surface area contributed by atoms with Crippen LogP contribution in [0.3, 0.4) is 0 Å². The van der Waals surface area contributed by atoms with Crippen LogP contribution in [-0.2, 0) is 0 Å². The Balaban J connectivity index is 1.38. The molecule has 2 saturated heterocycles. The first kappa shape index (κ1) is 15.8. The number of hydrogen-bond acceptors (Lipinski definition) is 3. The van der Waals surface area contributed by atoms with Gasteiger partial charge in [0.25, 0.3) is 0 Å². The Kier molecular flexibility index (Phi) is 5.58. The van der Waals surface area contributed by atoms with Gasteiger partial charge in [-0.2, -0.15) is 0 Å². The van der Waals surface area contributed by atoms with E-state index >= 15 is 0 Å². The van der Waals surface area contributed by atoms with Crippen molar-refractivity contribution >= 4 is 0 Å². The van der Waals surface area contributed by atoms with Crippen molar-refractivity contribution < 1.29 is 5.11 Å². The Hall–Kier alpha value is -0.120. The van der Waals surface area contributed by atoms with Gasteiger partial charge in [0.1, 0.15) is 0 Å². The molecule has 0 amide bonds. The molecule has 3 heteroatoms. The van der Waals surface area contributed by atoms with Gasteiger partial charge in [0, 0.05) is 13.1 Å². The summed E-state index contributed by atoms with van der Waals surface area (Å²) >= 11 is 0. The summed E-state index contributed by atoms with van der Waals surface area (Å²) in [6.07, 6.45) is 9.00. The smallest absolute Gasteiger partial charge is 0.0580 e. The molecule has 0 aromatic heterocycles. The fourth-order valence-electron chi connectivity index (χ4n) is 4.69. The van der Waals surface area contributed by atoms with E-state index in [0.29, 0.717) is 5.92 Å². The van der Waals surface area contributed by atoms with E-state index < -0.39 is 0 Å². The molecule has 122 valence electrons. The minimum atomic E-state index is -0.0384. The van der Waals surface area contributed by atoms with Crippen LogP contribution >= 0.6 is 0 Å². The maximum absolute atomic E-state index is 10.2. The molecule has 21 heavy (non-hydrogen) atoms. The number of piperidine rings is 1. The first-order valence-electron chi connectivity index (χ1n) is 9.33. The lowest BCUT2D eigenvalue weighted by Gasteiger charge is -2.39. The zero-order valence-corrected chi connectivity index (χ0v) is 13.8. The number of nitrogens with zero attached hydrogens (tertiary/aromatic N) is 2. The molecule has 0 bridgehead atoms. The Morgan fingerprint density at radius 1 is 0.857 bits per heavy atom. The quantitative estimate of drug-likeness (QED) is 0.863. The van der Waals surface area contributed by atoms with E-state index in [1.165, 1.54) is 71.2 Å². The highest BCUT2D eigenvalue weighted by Gasteiger charge is 2.30. The number of aliphatic hydroxyl groups excluding tert-OH is 1. The summed E-state index contributed by atoms with van der Waals surface area (Å²) in [6.45, 7) is 10.0. The van der Waals surface area contributed by atoms with Gasteiger partial charge < -0.3 is 14.9 Å². The summed E-state index contributed by atoms with van der Waals surface area (Å²) in [5, 5.41) is 10.2. The second kappa shape index (κ2) is 7.43. The first-order chi connectivity index (χ1) is 10.2. The molecule has 3 aliphatic rings. The highest BCUT2D eigenvalue weighted by molar-refractivity contribution is 4.83. The molecule has 0 aromatic carbocycles. The van der Waals surface area contributed by atoms with E-state index in [-0.39, 0.29) is 6.10 Å². The molecule has 1 aliphatic carbocycles. The topological polar surface area (TPSA) is 26.7 Å². The average Bonchev–Trinajstić information content (AvgIpc) is 2.98. The summed E-state index contributed by atoms with van der Waals surface area (Å²) in [5.41, 5.74) is 0. The summed E-state index contributed by atoms with van der Waals surface area (Å²) in [4.78, 5) is 5.30. The van der Waals surface area contributed by atoms with Gasteiger partial charge in [-0.05, 0) is 88.9 Å². The maximum Gasteiger partial charge on any atom is 0.0580 e. The average molecular weight is 294 g/mol. The molecule has 1 N–H and O–H groups in total. The molecule has 3 atom stereocenters. The molecular formula is C18H34N2O. The Labute approximate surface area is 130 Å². The van der Waals surface area contributed by atoms with Crippen molar-refractivity contribution in [2.24, 2.45) is 17.8 Å². The van der Waals surface area contributed by atoms with Gasteiger partial charge >= 0.3 is 0 Å². The highest BCUT2D eigenvalue weighted by Crippen LogP contribution is 2.30. The van der Waals surface area contributed by atoms with Gasteiger partial charge in [0.15, 0.2) is 0 Å². The second-order valence-corrected chi connectivity index (χ2v) is 8.00. The molecular weight excluding hydrogens is 260 g/mol. The van der Waals surface area contributed by atoms with Crippen molar-refractivity contribution in [2.45, 2.75) is 58.0 Å². The van der Waals surface area contributed by atoms with E-state index in [0.717, 1.165) is 24.8 Å². The molecule has 3 fully saturated rings. The van der Waals surface area contributed by atoms with Crippen LogP contribution in [0.15, 0.2) is 0 Å². The molecule has 2 aliphatic heterocycles. The SMILES string of the molecule is CC1CCC(O)C(CN2CCC(CN3CCCC3)CC2)C1. The molecule has 0 radical (unpaired) electrons. The van der Waals surface area contributed by atoms with E-state index in [9.17, 15) is 5.11 Å². The van der Waals surface area contributed by atoms with Crippen molar-refractivity contribution in [3.05, 3.63) is 0 Å². The number of hydrogen-bond donors (Lipinski definition) is 1. The van der Waals surface area contributed by atoms with Gasteiger partial charge in [-0.15, -0.1) is 0 Å². The first-order valence-corrected chi connectivity index (χ1v) is 9.33. The van der Waals surface area contributed by atoms with Crippen LogP contribution in [0, 0.1) is 17.8 Å². The third kappa shape index (κ3) is 4.43. The molecule has 0 spiro atoms. The lowest BCUT2D eigenvalue weighted by Crippen LogP contribution is -2.43. The zero-order valence-electron chi connectivity index (χ0n) is 13.8. The number of aliphatic hydroxyl groups is 1. The highest BCUT2D eigenvalue weighted by atomic mass is 16.3. The van der Waals surface area contributed by atoms with E-state index in [1.54, 1.807) is 0 Å². The predicted octanol–water partition coefficient (Wildman–Crippen LogP) is 2.59. The van der Waals surface area contributed by atoms with Gasteiger partial charge in [0.05, 0.1) is 6.10 Å². The Bertz CT molecular complexity index is 308. The van der Waals surface area contributed by atoms with Crippen LogP contribution in [0.1, 0.15) is 51.9 Å². The molecule has 2 heterocycles. The van der Waals surface area contributed by atoms with Gasteiger partial charge in [0.2, 0.25) is 0 Å². The van der Waals surface area contributed by atoms with Crippen molar-refractivity contribution in [3.8, 4) is 0 Å². The van der Waals surface area contributed by atoms with Crippen LogP contribution in [0.5, 0.6) is 0 Å². The van der Waals surface area contributed by atoms with Gasteiger partial charge in [-0.1, -0.05) is 6.92 Å². The fraction of sp³-hybridized carbons (Fsp3) is 1.00. The van der Waals surface area contributed by atoms with Gasteiger partial charge in [-0.25, -0.2) is 0 Å². The van der Waals surface area contributed by atoms with E-state index in [4.69, 9.17) is 0 Å². The van der Waals surface area contributed by atoms with Crippen LogP contribution in [0.4, 0.5) is 0 Å². The van der Waals surface area contributed by atoms with Gasteiger partial charge in [-0.3, -0.25) is 0 Å². The third-order valence-electron chi connectivity index (χ3n) is 6.12. The summed E-state index contributed by atoms with van der Waals surface area (Å²) in [6, 6.07) is 0. The Morgan fingerprint density at radius 2 is 1.52 bits per heavy atom. The largest absolute Gasteiger partial charge is 0.393 e. The normalized spacial score (nSPS) is 37.1. The van der Waals surface area contributed by atoms with E-state index in [1.807, 2.05) is 0 Å². The third-order valence-corrected chi connectivity index (χ3v) is 6.12. The molecule has 3 unspecified atom stereocenters. The van der Waals surface area contributed by atoms with Crippen LogP contribution < -0.4 is 0 Å². The molecule has 3 nitrogen and oxygen atoms in total. The second-order valence-electron chi connectivity index (χ2n) is 8.00. The maximum atomic E-state index is 10.2. The molecule has 3 rings (SSSR count). The summed E-state index contributed by atoms with van der Waals surface area (Å²) in [5.74, 6) is 2.27. The summed E-state index contributed by atoms with van der Waals surface area (Å²) in [7, 11) is 0. The van der Waals surface area contributed by atoms with Crippen molar-refractivity contribution in [1.29, 1.82) is 0 Å². The zero-order chi connectivity index (χ0) is 14.7.